The Hall–Kier alpha value is -3.32. The van der Waals surface area contributed by atoms with Crippen molar-refractivity contribution in [2.75, 3.05) is 18.4 Å². The minimum Gasteiger partial charge on any atom is -0.444 e. The molecule has 0 radical (unpaired) electrons. The Morgan fingerprint density at radius 3 is 2.41 bits per heavy atom. The molecule has 1 aliphatic rings. The van der Waals surface area contributed by atoms with Gasteiger partial charge in [0.05, 0.1) is 23.1 Å². The van der Waals surface area contributed by atoms with Gasteiger partial charge in [-0.15, -0.1) is 0 Å². The van der Waals surface area contributed by atoms with Crippen molar-refractivity contribution in [3.8, 4) is 5.69 Å². The van der Waals surface area contributed by atoms with Crippen LogP contribution in [0.25, 0.3) is 5.69 Å². The number of carbonyl (C=O) groups excluding carboxylic acids is 2. The van der Waals surface area contributed by atoms with Gasteiger partial charge in [0.15, 0.2) is 0 Å². The minimum atomic E-state index is -0.545. The van der Waals surface area contributed by atoms with E-state index in [1.165, 1.54) is 5.56 Å². The molecule has 0 bridgehead atoms. The van der Waals surface area contributed by atoms with Crippen LogP contribution in [0.2, 0.25) is 5.02 Å². The second-order valence-electron chi connectivity index (χ2n) is 10.7. The van der Waals surface area contributed by atoms with Gasteiger partial charge >= 0.3 is 6.09 Å². The fourth-order valence-corrected chi connectivity index (χ4v) is 4.79. The molecule has 196 valence electrons. The Morgan fingerprint density at radius 2 is 1.76 bits per heavy atom. The van der Waals surface area contributed by atoms with Crippen molar-refractivity contribution in [2.45, 2.75) is 65.9 Å². The van der Waals surface area contributed by atoms with Gasteiger partial charge in [0, 0.05) is 29.7 Å². The van der Waals surface area contributed by atoms with Gasteiger partial charge in [-0.3, -0.25) is 4.79 Å². The fraction of sp³-hybridized carbons (Fsp3) is 0.414. The van der Waals surface area contributed by atoms with Gasteiger partial charge in [0.25, 0.3) is 5.91 Å². The molecule has 1 aliphatic heterocycles. The third-order valence-electron chi connectivity index (χ3n) is 6.82. The molecule has 2 heterocycles. The first-order valence-electron chi connectivity index (χ1n) is 12.6. The molecule has 1 aromatic heterocycles. The normalized spacial score (nSPS) is 14.5. The van der Waals surface area contributed by atoms with Gasteiger partial charge in [-0.25, -0.2) is 9.48 Å². The lowest BCUT2D eigenvalue weighted by Gasteiger charge is -2.34. The van der Waals surface area contributed by atoms with Crippen molar-refractivity contribution in [2.24, 2.45) is 0 Å². The topological polar surface area (TPSA) is 76.5 Å². The van der Waals surface area contributed by atoms with Crippen molar-refractivity contribution in [1.29, 1.82) is 0 Å². The Morgan fingerprint density at radius 1 is 1.05 bits per heavy atom. The first-order chi connectivity index (χ1) is 17.4. The molecule has 3 aromatic rings. The van der Waals surface area contributed by atoms with E-state index in [2.05, 4.69) is 10.4 Å². The first kappa shape index (κ1) is 26.7. The molecule has 4 rings (SSSR count). The van der Waals surface area contributed by atoms with E-state index in [9.17, 15) is 9.59 Å². The quantitative estimate of drug-likeness (QED) is 0.408. The molecule has 8 heteroatoms. The van der Waals surface area contributed by atoms with E-state index < -0.39 is 5.60 Å². The molecule has 1 saturated heterocycles. The average molecular weight is 523 g/mol. The molecular formula is C29H35ClN4O3. The third-order valence-corrected chi connectivity index (χ3v) is 7.23. The second-order valence-corrected chi connectivity index (χ2v) is 11.1. The van der Waals surface area contributed by atoms with Crippen LogP contribution in [-0.4, -0.2) is 45.4 Å². The number of benzene rings is 2. The van der Waals surface area contributed by atoms with Crippen molar-refractivity contribution in [1.82, 2.24) is 14.7 Å². The van der Waals surface area contributed by atoms with Gasteiger partial charge in [-0.1, -0.05) is 23.7 Å². The number of likely N-dealkylation sites (tertiary alicyclic amines) is 1. The summed E-state index contributed by atoms with van der Waals surface area (Å²) in [5, 5.41) is 8.34. The van der Waals surface area contributed by atoms with Crippen molar-refractivity contribution in [3.63, 3.8) is 0 Å². The Balaban J connectivity index is 1.66. The number of halogens is 1. The Labute approximate surface area is 223 Å². The predicted molar refractivity (Wildman–Crippen MR) is 147 cm³/mol. The number of anilines is 1. The molecule has 37 heavy (non-hydrogen) atoms. The molecular weight excluding hydrogens is 488 g/mol. The zero-order valence-corrected chi connectivity index (χ0v) is 23.1. The van der Waals surface area contributed by atoms with Crippen molar-refractivity contribution < 1.29 is 14.3 Å². The number of amides is 2. The molecule has 7 nitrogen and oxygen atoms in total. The number of aryl methyl sites for hydroxylation is 2. The summed E-state index contributed by atoms with van der Waals surface area (Å²) in [4.78, 5) is 27.9. The summed E-state index contributed by atoms with van der Waals surface area (Å²) < 4.78 is 7.40. The number of piperidine rings is 1. The number of rotatable bonds is 4. The monoisotopic (exact) mass is 522 g/mol. The van der Waals surface area contributed by atoms with Gasteiger partial charge in [-0.05, 0) is 95.3 Å². The molecule has 1 fully saturated rings. The maximum atomic E-state index is 13.5. The van der Waals surface area contributed by atoms with Gasteiger partial charge in [0.1, 0.15) is 5.60 Å². The van der Waals surface area contributed by atoms with Crippen LogP contribution in [-0.2, 0) is 4.74 Å². The van der Waals surface area contributed by atoms with Crippen LogP contribution in [0.3, 0.4) is 0 Å². The van der Waals surface area contributed by atoms with E-state index >= 15 is 0 Å². The van der Waals surface area contributed by atoms with Crippen LogP contribution < -0.4 is 5.32 Å². The van der Waals surface area contributed by atoms with E-state index in [-0.39, 0.29) is 17.9 Å². The SMILES string of the molecule is Cc1ccc(NC(=O)c2cnn(-c3cccc(Cl)c3C)c2C2CCN(C(=O)OC(C)(C)C)CC2)cc1C. The van der Waals surface area contributed by atoms with Crippen LogP contribution in [0.1, 0.15) is 72.3 Å². The maximum absolute atomic E-state index is 13.5. The predicted octanol–water partition coefficient (Wildman–Crippen LogP) is 6.82. The smallest absolute Gasteiger partial charge is 0.410 e. The molecule has 0 aliphatic carbocycles. The summed E-state index contributed by atoms with van der Waals surface area (Å²) in [6.45, 7) is 12.7. The number of carbonyl (C=O) groups is 2. The van der Waals surface area contributed by atoms with E-state index in [0.29, 0.717) is 36.5 Å². The lowest BCUT2D eigenvalue weighted by atomic mass is 9.90. The summed E-state index contributed by atoms with van der Waals surface area (Å²) in [6, 6.07) is 11.6. The summed E-state index contributed by atoms with van der Waals surface area (Å²) in [5.41, 5.74) is 5.55. The fourth-order valence-electron chi connectivity index (χ4n) is 4.62. The summed E-state index contributed by atoms with van der Waals surface area (Å²) in [6.07, 6.45) is 2.70. The number of ether oxygens (including phenoxy) is 1. The average Bonchev–Trinajstić information content (AvgIpc) is 3.27. The molecule has 2 amide bonds. The van der Waals surface area contributed by atoms with E-state index in [4.69, 9.17) is 16.3 Å². The first-order valence-corrected chi connectivity index (χ1v) is 13.0. The third kappa shape index (κ3) is 5.99. The number of hydrogen-bond acceptors (Lipinski definition) is 4. The lowest BCUT2D eigenvalue weighted by Crippen LogP contribution is -2.41. The standard InChI is InChI=1S/C29H35ClN4O3/c1-18-10-11-22(16-19(18)2)32-27(35)23-17-31-34(25-9-7-8-24(30)20(25)3)26(23)21-12-14-33(15-13-21)28(36)37-29(4,5)6/h7-11,16-17,21H,12-15H2,1-6H3,(H,32,35). The summed E-state index contributed by atoms with van der Waals surface area (Å²) in [5.74, 6) is -0.182. The minimum absolute atomic E-state index is 0.0278. The van der Waals surface area contributed by atoms with Crippen LogP contribution in [0.5, 0.6) is 0 Å². The Kier molecular flexibility index (Phi) is 7.64. The van der Waals surface area contributed by atoms with Crippen LogP contribution in [0.4, 0.5) is 10.5 Å². The highest BCUT2D eigenvalue weighted by Crippen LogP contribution is 2.34. The molecule has 0 atom stereocenters. The molecule has 1 N–H and O–H groups in total. The number of nitrogens with zero attached hydrogens (tertiary/aromatic N) is 3. The number of hydrogen-bond donors (Lipinski definition) is 1. The Bertz CT molecular complexity index is 1320. The van der Waals surface area contributed by atoms with Crippen molar-refractivity contribution >= 4 is 29.3 Å². The number of nitrogens with one attached hydrogen (secondary N) is 1. The van der Waals surface area contributed by atoms with Gasteiger partial charge in [0.2, 0.25) is 0 Å². The van der Waals surface area contributed by atoms with Crippen LogP contribution >= 0.6 is 11.6 Å². The van der Waals surface area contributed by atoms with E-state index in [0.717, 1.165) is 28.2 Å². The summed E-state index contributed by atoms with van der Waals surface area (Å²) in [7, 11) is 0. The van der Waals surface area contributed by atoms with Gasteiger partial charge in [-0.2, -0.15) is 5.10 Å². The van der Waals surface area contributed by atoms with Gasteiger partial charge < -0.3 is 15.0 Å². The zero-order valence-electron chi connectivity index (χ0n) is 22.4. The lowest BCUT2D eigenvalue weighted by molar-refractivity contribution is 0.0203. The summed E-state index contributed by atoms with van der Waals surface area (Å²) >= 11 is 6.43. The largest absolute Gasteiger partial charge is 0.444 e. The molecule has 0 saturated carbocycles. The highest BCUT2D eigenvalue weighted by atomic mass is 35.5. The number of aromatic nitrogens is 2. The van der Waals surface area contributed by atoms with E-state index in [1.54, 1.807) is 11.1 Å². The molecule has 0 spiro atoms. The molecule has 0 unspecified atom stereocenters. The highest BCUT2D eigenvalue weighted by Gasteiger charge is 2.32. The molecule has 2 aromatic carbocycles. The highest BCUT2D eigenvalue weighted by molar-refractivity contribution is 6.31. The van der Waals surface area contributed by atoms with Crippen molar-refractivity contribution in [3.05, 3.63) is 75.6 Å². The van der Waals surface area contributed by atoms with E-state index in [1.807, 2.05) is 82.6 Å². The maximum Gasteiger partial charge on any atom is 0.410 e. The second kappa shape index (κ2) is 10.6. The van der Waals surface area contributed by atoms with Crippen LogP contribution in [0, 0.1) is 20.8 Å². The zero-order chi connectivity index (χ0) is 26.9. The van der Waals surface area contributed by atoms with Crippen LogP contribution in [0.15, 0.2) is 42.6 Å².